The smallest absolute Gasteiger partial charge is 0.233 e. The van der Waals surface area contributed by atoms with Gasteiger partial charge in [-0.1, -0.05) is 42.1 Å². The van der Waals surface area contributed by atoms with Crippen molar-refractivity contribution in [2.24, 2.45) is 0 Å². The van der Waals surface area contributed by atoms with Gasteiger partial charge in [0.25, 0.3) is 0 Å². The Kier molecular flexibility index (Phi) is 8.12. The van der Waals surface area contributed by atoms with Crippen LogP contribution in [-0.2, 0) is 21.1 Å². The number of aromatic nitrogens is 3. The first-order valence-electron chi connectivity index (χ1n) is 11.7. The van der Waals surface area contributed by atoms with E-state index in [0.29, 0.717) is 31.1 Å². The summed E-state index contributed by atoms with van der Waals surface area (Å²) in [7, 11) is -3.07. The summed E-state index contributed by atoms with van der Waals surface area (Å²) >= 11 is 1.32. The summed E-state index contributed by atoms with van der Waals surface area (Å²) in [6.07, 6.45) is 1.09. The largest absolute Gasteiger partial charge is 0.494 e. The normalized spacial score (nSPS) is 16.8. The molecule has 0 unspecified atom stereocenters. The molecule has 1 saturated heterocycles. The molecule has 1 amide bonds. The number of hydrogen-bond donors (Lipinski definition) is 0. The number of thioether (sulfide) groups is 1. The fraction of sp³-hybridized carbons (Fsp3) is 0.400. The van der Waals surface area contributed by atoms with E-state index < -0.39 is 9.84 Å². The zero-order valence-corrected chi connectivity index (χ0v) is 21.6. The Bertz CT molecular complexity index is 1240. The lowest BCUT2D eigenvalue weighted by molar-refractivity contribution is -0.129. The van der Waals surface area contributed by atoms with Crippen LogP contribution in [0.4, 0.5) is 0 Å². The summed E-state index contributed by atoms with van der Waals surface area (Å²) in [6, 6.07) is 17.5. The number of carbonyl (C=O) groups excluding carboxylic acids is 1. The Labute approximate surface area is 210 Å². The third kappa shape index (κ3) is 6.24. The van der Waals surface area contributed by atoms with Gasteiger partial charge in [0, 0.05) is 24.7 Å². The van der Waals surface area contributed by atoms with Crippen LogP contribution >= 0.6 is 11.8 Å². The van der Waals surface area contributed by atoms with Crippen molar-refractivity contribution in [3.05, 3.63) is 66.0 Å². The highest BCUT2D eigenvalue weighted by Crippen LogP contribution is 2.26. The molecule has 2 aromatic carbocycles. The van der Waals surface area contributed by atoms with E-state index in [4.69, 9.17) is 4.74 Å². The first-order valence-corrected chi connectivity index (χ1v) is 14.5. The minimum atomic E-state index is -3.07. The van der Waals surface area contributed by atoms with E-state index in [1.807, 2.05) is 73.0 Å². The highest BCUT2D eigenvalue weighted by molar-refractivity contribution is 7.99. The highest BCUT2D eigenvalue weighted by Gasteiger charge is 2.34. The summed E-state index contributed by atoms with van der Waals surface area (Å²) in [5, 5.41) is 9.46. The molecule has 35 heavy (non-hydrogen) atoms. The van der Waals surface area contributed by atoms with Crippen molar-refractivity contribution in [2.45, 2.75) is 37.9 Å². The number of ether oxygens (including phenoxy) is 1. The van der Waals surface area contributed by atoms with Crippen molar-refractivity contribution in [3.63, 3.8) is 0 Å². The van der Waals surface area contributed by atoms with Gasteiger partial charge in [0.15, 0.2) is 15.0 Å². The standard InChI is InChI=1S/C25H30N4O4S2/c1-3-28(21-14-15-35(31,32)18-21)24(30)17-34-25-27-26-23(16-19-8-6-5-7-9-19)29(25)20-10-12-22(13-11-20)33-4-2/h5-13,21H,3-4,14-18H2,1-2H3/t21-/m0/s1. The topological polar surface area (TPSA) is 94.4 Å². The average molecular weight is 515 g/mol. The van der Waals surface area contributed by atoms with Gasteiger partial charge >= 0.3 is 0 Å². The molecule has 4 rings (SSSR count). The number of carbonyl (C=O) groups is 1. The molecule has 186 valence electrons. The van der Waals surface area contributed by atoms with Crippen molar-refractivity contribution in [2.75, 3.05) is 30.4 Å². The van der Waals surface area contributed by atoms with Crippen LogP contribution in [0, 0.1) is 0 Å². The molecule has 10 heteroatoms. The van der Waals surface area contributed by atoms with Gasteiger partial charge in [-0.3, -0.25) is 9.36 Å². The molecule has 1 aliphatic heterocycles. The lowest BCUT2D eigenvalue weighted by Gasteiger charge is -2.26. The van der Waals surface area contributed by atoms with Crippen molar-refractivity contribution in [1.29, 1.82) is 0 Å². The van der Waals surface area contributed by atoms with Crippen LogP contribution in [-0.4, -0.2) is 70.4 Å². The second-order valence-corrected chi connectivity index (χ2v) is 11.5. The second kappa shape index (κ2) is 11.3. The lowest BCUT2D eigenvalue weighted by Crippen LogP contribution is -2.42. The molecule has 1 aliphatic rings. The molecule has 1 fully saturated rings. The Morgan fingerprint density at radius 3 is 2.49 bits per heavy atom. The number of sulfone groups is 1. The van der Waals surface area contributed by atoms with Crippen LogP contribution in [0.2, 0.25) is 0 Å². The monoisotopic (exact) mass is 514 g/mol. The number of rotatable bonds is 10. The summed E-state index contributed by atoms with van der Waals surface area (Å²) in [5.41, 5.74) is 1.99. The van der Waals surface area contributed by atoms with E-state index in [0.717, 1.165) is 22.8 Å². The maximum absolute atomic E-state index is 13.0. The van der Waals surface area contributed by atoms with Gasteiger partial charge < -0.3 is 9.64 Å². The van der Waals surface area contributed by atoms with Crippen LogP contribution in [0.3, 0.4) is 0 Å². The maximum atomic E-state index is 13.0. The lowest BCUT2D eigenvalue weighted by atomic mass is 10.1. The molecule has 1 atom stereocenters. The van der Waals surface area contributed by atoms with Crippen LogP contribution in [0.5, 0.6) is 5.75 Å². The van der Waals surface area contributed by atoms with E-state index in [1.165, 1.54) is 11.8 Å². The minimum Gasteiger partial charge on any atom is -0.494 e. The fourth-order valence-electron chi connectivity index (χ4n) is 4.27. The van der Waals surface area contributed by atoms with E-state index >= 15 is 0 Å². The molecule has 2 heterocycles. The Morgan fingerprint density at radius 2 is 1.86 bits per heavy atom. The molecule has 8 nitrogen and oxygen atoms in total. The van der Waals surface area contributed by atoms with E-state index in [1.54, 1.807) is 4.90 Å². The summed E-state index contributed by atoms with van der Waals surface area (Å²) in [5.74, 6) is 1.80. The first-order chi connectivity index (χ1) is 16.9. The van der Waals surface area contributed by atoms with Crippen molar-refractivity contribution < 1.29 is 17.9 Å². The molecule has 0 N–H and O–H groups in total. The van der Waals surface area contributed by atoms with Crippen LogP contribution < -0.4 is 4.74 Å². The summed E-state index contributed by atoms with van der Waals surface area (Å²) in [6.45, 7) is 4.89. The van der Waals surface area contributed by atoms with E-state index in [-0.39, 0.29) is 29.2 Å². The zero-order chi connectivity index (χ0) is 24.8. The van der Waals surface area contributed by atoms with E-state index in [2.05, 4.69) is 10.2 Å². The molecule has 0 aliphatic carbocycles. The van der Waals surface area contributed by atoms with Gasteiger partial charge in [0.1, 0.15) is 11.6 Å². The third-order valence-electron chi connectivity index (χ3n) is 5.95. The predicted molar refractivity (Wildman–Crippen MR) is 137 cm³/mol. The summed E-state index contributed by atoms with van der Waals surface area (Å²) in [4.78, 5) is 14.7. The predicted octanol–water partition coefficient (Wildman–Crippen LogP) is 3.38. The van der Waals surface area contributed by atoms with Crippen LogP contribution in [0.25, 0.3) is 5.69 Å². The number of benzene rings is 2. The van der Waals surface area contributed by atoms with Crippen LogP contribution in [0.1, 0.15) is 31.7 Å². The Balaban J connectivity index is 1.56. The SMILES string of the molecule is CCOc1ccc(-n2c(Cc3ccccc3)nnc2SCC(=O)N(CC)[C@H]2CCS(=O)(=O)C2)cc1. The summed E-state index contributed by atoms with van der Waals surface area (Å²) < 4.78 is 31.4. The molecule has 0 radical (unpaired) electrons. The van der Waals surface area contributed by atoms with E-state index in [9.17, 15) is 13.2 Å². The molecular formula is C25H30N4O4S2. The Morgan fingerprint density at radius 1 is 1.11 bits per heavy atom. The average Bonchev–Trinajstić information content (AvgIpc) is 3.42. The van der Waals surface area contributed by atoms with Crippen molar-refractivity contribution in [3.8, 4) is 11.4 Å². The van der Waals surface area contributed by atoms with Crippen molar-refractivity contribution in [1.82, 2.24) is 19.7 Å². The number of amides is 1. The minimum absolute atomic E-state index is 0.0425. The first kappa shape index (κ1) is 25.2. The molecule has 0 spiro atoms. The van der Waals surface area contributed by atoms with Gasteiger partial charge in [0.05, 0.1) is 23.9 Å². The molecule has 1 aromatic heterocycles. The zero-order valence-electron chi connectivity index (χ0n) is 20.0. The van der Waals surface area contributed by atoms with Gasteiger partial charge in [-0.05, 0) is 50.1 Å². The van der Waals surface area contributed by atoms with Gasteiger partial charge in [-0.2, -0.15) is 0 Å². The van der Waals surface area contributed by atoms with Crippen molar-refractivity contribution >= 4 is 27.5 Å². The van der Waals surface area contributed by atoms with Gasteiger partial charge in [0.2, 0.25) is 5.91 Å². The molecular weight excluding hydrogens is 484 g/mol. The molecule has 3 aromatic rings. The molecule has 0 bridgehead atoms. The van der Waals surface area contributed by atoms with Crippen LogP contribution in [0.15, 0.2) is 59.8 Å². The molecule has 0 saturated carbocycles. The maximum Gasteiger partial charge on any atom is 0.233 e. The van der Waals surface area contributed by atoms with Gasteiger partial charge in [-0.15, -0.1) is 10.2 Å². The fourth-order valence-corrected chi connectivity index (χ4v) is 6.86. The quantitative estimate of drug-likeness (QED) is 0.383. The highest BCUT2D eigenvalue weighted by atomic mass is 32.2. The second-order valence-electron chi connectivity index (χ2n) is 8.35. The number of nitrogens with zero attached hydrogens (tertiary/aromatic N) is 4. The van der Waals surface area contributed by atoms with Gasteiger partial charge in [-0.25, -0.2) is 8.42 Å². The Hall–Kier alpha value is -2.85. The number of hydrogen-bond acceptors (Lipinski definition) is 7. The third-order valence-corrected chi connectivity index (χ3v) is 8.61.